The molecule has 0 radical (unpaired) electrons. The first-order valence-corrected chi connectivity index (χ1v) is 5.26. The number of carbonyl (C=O) groups is 1. The van der Waals surface area contributed by atoms with Crippen molar-refractivity contribution in [1.29, 1.82) is 0 Å². The topological polar surface area (TPSA) is 17.1 Å². The van der Waals surface area contributed by atoms with Crippen LogP contribution in [0.3, 0.4) is 0 Å². The minimum absolute atomic E-state index is 0.508. The van der Waals surface area contributed by atoms with E-state index in [9.17, 15) is 4.79 Å². The molecule has 0 unspecified atom stereocenters. The van der Waals surface area contributed by atoms with E-state index < -0.39 is 0 Å². The molecule has 0 saturated heterocycles. The van der Waals surface area contributed by atoms with Crippen molar-refractivity contribution in [2.24, 2.45) is 5.41 Å². The molecule has 13 heavy (non-hydrogen) atoms. The fourth-order valence-electron chi connectivity index (χ4n) is 1.76. The number of allylic oxidation sites excluding steroid dienone is 2. The van der Waals surface area contributed by atoms with Crippen molar-refractivity contribution in [3.8, 4) is 0 Å². The molecule has 0 spiro atoms. The van der Waals surface area contributed by atoms with E-state index >= 15 is 0 Å². The van der Waals surface area contributed by atoms with E-state index in [0.717, 1.165) is 25.5 Å². The molecule has 74 valence electrons. The first-order chi connectivity index (χ1) is 6.14. The van der Waals surface area contributed by atoms with Crippen molar-refractivity contribution in [1.82, 2.24) is 0 Å². The van der Waals surface area contributed by atoms with Gasteiger partial charge in [0.2, 0.25) is 0 Å². The molecule has 0 N–H and O–H groups in total. The third-order valence-corrected chi connectivity index (χ3v) is 2.89. The third kappa shape index (κ3) is 3.75. The van der Waals surface area contributed by atoms with E-state index in [1.54, 1.807) is 5.57 Å². The number of hydrogen-bond acceptors (Lipinski definition) is 1. The lowest BCUT2D eigenvalue weighted by atomic mass is 9.77. The zero-order valence-electron chi connectivity index (χ0n) is 8.81. The Morgan fingerprint density at radius 3 is 2.85 bits per heavy atom. The molecule has 0 atom stereocenters. The lowest BCUT2D eigenvalue weighted by Crippen LogP contribution is -2.14. The van der Waals surface area contributed by atoms with Gasteiger partial charge in [-0.2, -0.15) is 0 Å². The van der Waals surface area contributed by atoms with Gasteiger partial charge in [-0.1, -0.05) is 25.5 Å². The van der Waals surface area contributed by atoms with Gasteiger partial charge in [-0.25, -0.2) is 0 Å². The monoisotopic (exact) mass is 180 g/mol. The second kappa shape index (κ2) is 4.59. The number of carbonyl (C=O) groups excluding carboxylic acids is 1. The van der Waals surface area contributed by atoms with E-state index in [-0.39, 0.29) is 0 Å². The molecule has 0 amide bonds. The summed E-state index contributed by atoms with van der Waals surface area (Å²) in [5.74, 6) is 0. The van der Waals surface area contributed by atoms with Crippen LogP contribution in [0.25, 0.3) is 0 Å². The maximum Gasteiger partial charge on any atom is 0.120 e. The Morgan fingerprint density at radius 2 is 2.31 bits per heavy atom. The van der Waals surface area contributed by atoms with Crippen LogP contribution in [-0.4, -0.2) is 6.29 Å². The molecule has 0 bridgehead atoms. The van der Waals surface area contributed by atoms with Crippen LogP contribution >= 0.6 is 0 Å². The highest BCUT2D eigenvalue weighted by Gasteiger charge is 2.20. The summed E-state index contributed by atoms with van der Waals surface area (Å²) < 4.78 is 0. The van der Waals surface area contributed by atoms with Crippen molar-refractivity contribution in [3.05, 3.63) is 11.6 Å². The quantitative estimate of drug-likeness (QED) is 0.367. The molecule has 0 fully saturated rings. The van der Waals surface area contributed by atoms with Gasteiger partial charge >= 0.3 is 0 Å². The molecule has 0 aromatic rings. The van der Waals surface area contributed by atoms with Gasteiger partial charge < -0.3 is 4.79 Å². The first kappa shape index (κ1) is 10.5. The second-order valence-electron chi connectivity index (χ2n) is 4.79. The van der Waals surface area contributed by atoms with Crippen molar-refractivity contribution >= 4 is 6.29 Å². The Hall–Kier alpha value is -0.590. The van der Waals surface area contributed by atoms with Crippen LogP contribution in [-0.2, 0) is 4.79 Å². The van der Waals surface area contributed by atoms with Crippen LogP contribution in [0.2, 0.25) is 0 Å². The summed E-state index contributed by atoms with van der Waals surface area (Å²) in [5, 5.41) is 0. The van der Waals surface area contributed by atoms with Gasteiger partial charge in [0.1, 0.15) is 6.29 Å². The summed E-state index contributed by atoms with van der Waals surface area (Å²) in [5.41, 5.74) is 2.08. The molecular formula is C12H20O. The molecule has 0 saturated carbocycles. The molecule has 0 heterocycles. The van der Waals surface area contributed by atoms with Crippen LogP contribution in [0.5, 0.6) is 0 Å². The van der Waals surface area contributed by atoms with E-state index in [1.165, 1.54) is 19.3 Å². The normalized spacial score (nSPS) is 20.9. The number of aldehydes is 1. The fourth-order valence-corrected chi connectivity index (χ4v) is 1.76. The second-order valence-corrected chi connectivity index (χ2v) is 4.79. The minimum atomic E-state index is 0.508. The summed E-state index contributed by atoms with van der Waals surface area (Å²) in [4.78, 5) is 10.1. The predicted molar refractivity (Wildman–Crippen MR) is 55.6 cm³/mol. The van der Waals surface area contributed by atoms with Gasteiger partial charge in [-0.3, -0.25) is 0 Å². The van der Waals surface area contributed by atoms with E-state index in [0.29, 0.717) is 5.41 Å². The first-order valence-electron chi connectivity index (χ1n) is 5.26. The third-order valence-electron chi connectivity index (χ3n) is 2.89. The van der Waals surface area contributed by atoms with Gasteiger partial charge in [-0.05, 0) is 37.5 Å². The summed E-state index contributed by atoms with van der Waals surface area (Å²) in [6.45, 7) is 4.65. The minimum Gasteiger partial charge on any atom is -0.303 e. The van der Waals surface area contributed by atoms with Gasteiger partial charge in [0.05, 0.1) is 0 Å². The SMILES string of the molecule is CC1(C)CC=C(CCCC=O)CC1. The Balaban J connectivity index is 2.29. The van der Waals surface area contributed by atoms with Crippen molar-refractivity contribution in [2.75, 3.05) is 0 Å². The fraction of sp³-hybridized carbons (Fsp3) is 0.750. The lowest BCUT2D eigenvalue weighted by Gasteiger charge is -2.28. The van der Waals surface area contributed by atoms with Crippen LogP contribution in [0.1, 0.15) is 52.4 Å². The van der Waals surface area contributed by atoms with Gasteiger partial charge in [0.25, 0.3) is 0 Å². The highest BCUT2D eigenvalue weighted by atomic mass is 16.1. The van der Waals surface area contributed by atoms with E-state index in [1.807, 2.05) is 0 Å². The number of hydrogen-bond donors (Lipinski definition) is 0. The summed E-state index contributed by atoms with van der Waals surface area (Å²) in [6, 6.07) is 0. The Labute approximate surface area is 81.2 Å². The maximum absolute atomic E-state index is 10.1. The Kier molecular flexibility index (Phi) is 3.71. The van der Waals surface area contributed by atoms with E-state index in [2.05, 4.69) is 19.9 Å². The summed E-state index contributed by atoms with van der Waals surface area (Å²) in [7, 11) is 0. The van der Waals surface area contributed by atoms with Gasteiger partial charge in [0.15, 0.2) is 0 Å². The van der Waals surface area contributed by atoms with Crippen LogP contribution in [0.4, 0.5) is 0 Å². The van der Waals surface area contributed by atoms with Crippen molar-refractivity contribution in [3.63, 3.8) is 0 Å². The highest BCUT2D eigenvalue weighted by Crippen LogP contribution is 2.35. The molecular weight excluding hydrogens is 160 g/mol. The maximum atomic E-state index is 10.1. The average molecular weight is 180 g/mol. The molecule has 1 heteroatoms. The van der Waals surface area contributed by atoms with Gasteiger partial charge in [0, 0.05) is 6.42 Å². The molecule has 0 aromatic heterocycles. The molecule has 1 aliphatic rings. The summed E-state index contributed by atoms with van der Waals surface area (Å²) in [6.07, 6.45) is 10.1. The largest absolute Gasteiger partial charge is 0.303 e. The zero-order chi connectivity index (χ0) is 9.73. The zero-order valence-corrected chi connectivity index (χ0v) is 8.81. The van der Waals surface area contributed by atoms with E-state index in [4.69, 9.17) is 0 Å². The molecule has 1 nitrogen and oxygen atoms in total. The number of rotatable bonds is 4. The van der Waals surface area contributed by atoms with Crippen LogP contribution < -0.4 is 0 Å². The smallest absolute Gasteiger partial charge is 0.120 e. The van der Waals surface area contributed by atoms with Crippen LogP contribution in [0, 0.1) is 5.41 Å². The average Bonchev–Trinajstić information content (AvgIpc) is 2.08. The van der Waals surface area contributed by atoms with Crippen LogP contribution in [0.15, 0.2) is 11.6 Å². The Morgan fingerprint density at radius 1 is 1.54 bits per heavy atom. The Bertz CT molecular complexity index is 201. The molecule has 1 rings (SSSR count). The van der Waals surface area contributed by atoms with Crippen molar-refractivity contribution in [2.45, 2.75) is 52.4 Å². The predicted octanol–water partition coefficient (Wildman–Crippen LogP) is 3.49. The number of unbranched alkanes of at least 4 members (excludes halogenated alkanes) is 1. The summed E-state index contributed by atoms with van der Waals surface area (Å²) >= 11 is 0. The standard InChI is InChI=1S/C12H20O/c1-12(2)8-6-11(7-9-12)5-3-4-10-13/h6,10H,3-5,7-9H2,1-2H3. The van der Waals surface area contributed by atoms with Gasteiger partial charge in [-0.15, -0.1) is 0 Å². The molecule has 0 aliphatic heterocycles. The highest BCUT2D eigenvalue weighted by molar-refractivity contribution is 5.49. The van der Waals surface area contributed by atoms with Crippen molar-refractivity contribution < 1.29 is 4.79 Å². The molecule has 0 aromatic carbocycles. The molecule has 1 aliphatic carbocycles. The lowest BCUT2D eigenvalue weighted by molar-refractivity contribution is -0.107.